The number of rotatable bonds is 5. The molecule has 18 heavy (non-hydrogen) atoms. The van der Waals surface area contributed by atoms with Crippen molar-refractivity contribution in [1.29, 1.82) is 0 Å². The average Bonchev–Trinajstić information content (AvgIpc) is 2.83. The van der Waals surface area contributed by atoms with Gasteiger partial charge >= 0.3 is 0 Å². The minimum atomic E-state index is 0.205. The molecule has 0 spiro atoms. The molecular weight excluding hydrogens is 308 g/mol. The Morgan fingerprint density at radius 1 is 1.22 bits per heavy atom. The Labute approximate surface area is 120 Å². The van der Waals surface area contributed by atoms with Crippen LogP contribution in [0.4, 0.5) is 0 Å². The molecule has 0 bridgehead atoms. The molecule has 0 aliphatic rings. The van der Waals surface area contributed by atoms with Crippen molar-refractivity contribution in [3.8, 4) is 0 Å². The molecule has 1 aromatic heterocycles. The molecule has 2 unspecified atom stereocenters. The van der Waals surface area contributed by atoms with Gasteiger partial charge in [-0.15, -0.1) is 11.3 Å². The molecule has 2 aromatic rings. The van der Waals surface area contributed by atoms with E-state index in [-0.39, 0.29) is 6.04 Å². The van der Waals surface area contributed by atoms with E-state index in [2.05, 4.69) is 64.6 Å². The van der Waals surface area contributed by atoms with Gasteiger partial charge < -0.3 is 11.1 Å². The third-order valence-corrected chi connectivity index (χ3v) is 4.66. The number of thiophene rings is 1. The van der Waals surface area contributed by atoms with Crippen LogP contribution >= 0.6 is 27.3 Å². The van der Waals surface area contributed by atoms with Gasteiger partial charge in [0.2, 0.25) is 0 Å². The highest BCUT2D eigenvalue weighted by Crippen LogP contribution is 2.28. The Morgan fingerprint density at radius 2 is 1.94 bits per heavy atom. The largest absolute Gasteiger partial charge is 0.329 e. The Hall–Kier alpha value is -0.680. The number of benzene rings is 1. The molecule has 2 rings (SSSR count). The summed E-state index contributed by atoms with van der Waals surface area (Å²) in [6.45, 7) is 2.77. The van der Waals surface area contributed by atoms with Gasteiger partial charge in [0, 0.05) is 17.5 Å². The van der Waals surface area contributed by atoms with Gasteiger partial charge in [0.15, 0.2) is 0 Å². The fraction of sp³-hybridized carbons (Fsp3) is 0.286. The van der Waals surface area contributed by atoms with Crippen LogP contribution in [0.15, 0.2) is 46.3 Å². The van der Waals surface area contributed by atoms with Crippen molar-refractivity contribution in [1.82, 2.24) is 5.32 Å². The lowest BCUT2D eigenvalue weighted by Crippen LogP contribution is -2.29. The first-order valence-corrected chi connectivity index (χ1v) is 7.58. The smallest absolute Gasteiger partial charge is 0.0702 e. The van der Waals surface area contributed by atoms with Crippen molar-refractivity contribution in [2.45, 2.75) is 19.0 Å². The molecule has 1 aromatic carbocycles. The van der Waals surface area contributed by atoms with Gasteiger partial charge in [0.25, 0.3) is 0 Å². The second kappa shape index (κ2) is 6.48. The Bertz CT molecular complexity index is 484. The van der Waals surface area contributed by atoms with Crippen LogP contribution in [0.3, 0.4) is 0 Å². The van der Waals surface area contributed by atoms with Crippen LogP contribution in [0.2, 0.25) is 0 Å². The molecule has 2 nitrogen and oxygen atoms in total. The molecule has 0 saturated heterocycles. The summed E-state index contributed by atoms with van der Waals surface area (Å²) < 4.78 is 1.14. The van der Waals surface area contributed by atoms with Gasteiger partial charge in [0.1, 0.15) is 0 Å². The quantitative estimate of drug-likeness (QED) is 0.876. The molecule has 2 atom stereocenters. The van der Waals surface area contributed by atoms with Crippen molar-refractivity contribution in [3.05, 3.63) is 56.7 Å². The summed E-state index contributed by atoms with van der Waals surface area (Å²) in [5.41, 5.74) is 7.15. The van der Waals surface area contributed by atoms with Crippen LogP contribution in [-0.4, -0.2) is 6.54 Å². The molecule has 0 aliphatic heterocycles. The maximum Gasteiger partial charge on any atom is 0.0702 e. The first-order chi connectivity index (χ1) is 8.70. The average molecular weight is 325 g/mol. The van der Waals surface area contributed by atoms with E-state index in [1.807, 2.05) is 6.07 Å². The zero-order valence-corrected chi connectivity index (χ0v) is 12.7. The highest BCUT2D eigenvalue weighted by Gasteiger charge is 2.15. The minimum absolute atomic E-state index is 0.205. The molecule has 3 N–H and O–H groups in total. The second-order valence-corrected chi connectivity index (χ2v) is 6.72. The first-order valence-electron chi connectivity index (χ1n) is 5.97. The normalized spacial score (nSPS) is 14.4. The Morgan fingerprint density at radius 3 is 2.50 bits per heavy atom. The number of halogens is 1. The van der Waals surface area contributed by atoms with Gasteiger partial charge in [-0.25, -0.2) is 0 Å². The number of hydrogen-bond donors (Lipinski definition) is 2. The van der Waals surface area contributed by atoms with Gasteiger partial charge in [-0.3, -0.25) is 0 Å². The molecule has 1 heterocycles. The van der Waals surface area contributed by atoms with E-state index in [0.29, 0.717) is 12.6 Å². The molecule has 4 heteroatoms. The number of nitrogens with two attached hydrogens (primary N) is 1. The van der Waals surface area contributed by atoms with E-state index in [9.17, 15) is 0 Å². The standard InChI is InChI=1S/C14H17BrN2S/c1-10(11-5-3-2-4-6-11)17-12(9-16)13-7-8-14(15)18-13/h2-8,10,12,17H,9,16H2,1H3. The molecule has 0 aliphatic carbocycles. The van der Waals surface area contributed by atoms with E-state index < -0.39 is 0 Å². The van der Waals surface area contributed by atoms with Crippen molar-refractivity contribution in [2.24, 2.45) is 5.73 Å². The van der Waals surface area contributed by atoms with Crippen molar-refractivity contribution in [3.63, 3.8) is 0 Å². The van der Waals surface area contributed by atoms with Crippen molar-refractivity contribution < 1.29 is 0 Å². The summed E-state index contributed by atoms with van der Waals surface area (Å²) in [5, 5.41) is 3.58. The van der Waals surface area contributed by atoms with Crippen LogP contribution in [-0.2, 0) is 0 Å². The lowest BCUT2D eigenvalue weighted by molar-refractivity contribution is 0.479. The van der Waals surface area contributed by atoms with Crippen molar-refractivity contribution >= 4 is 27.3 Å². The summed E-state index contributed by atoms with van der Waals surface area (Å²) in [4.78, 5) is 1.27. The maximum atomic E-state index is 5.87. The van der Waals surface area contributed by atoms with Crippen LogP contribution in [0.25, 0.3) is 0 Å². The molecule has 96 valence electrons. The van der Waals surface area contributed by atoms with Crippen LogP contribution in [0.5, 0.6) is 0 Å². The summed E-state index contributed by atoms with van der Waals surface area (Å²) in [6, 6.07) is 15.1. The third kappa shape index (κ3) is 3.42. The lowest BCUT2D eigenvalue weighted by Gasteiger charge is -2.21. The molecule has 0 radical (unpaired) electrons. The van der Waals surface area contributed by atoms with Gasteiger partial charge in [-0.2, -0.15) is 0 Å². The second-order valence-electron chi connectivity index (χ2n) is 4.23. The van der Waals surface area contributed by atoms with E-state index in [0.717, 1.165) is 3.79 Å². The monoisotopic (exact) mass is 324 g/mol. The third-order valence-electron chi connectivity index (χ3n) is 2.92. The van der Waals surface area contributed by atoms with Crippen molar-refractivity contribution in [2.75, 3.05) is 6.54 Å². The zero-order chi connectivity index (χ0) is 13.0. The van der Waals surface area contributed by atoms with Crippen LogP contribution in [0, 0.1) is 0 Å². The number of nitrogens with one attached hydrogen (secondary N) is 1. The first kappa shape index (κ1) is 13.7. The zero-order valence-electron chi connectivity index (χ0n) is 10.3. The topological polar surface area (TPSA) is 38.0 Å². The van der Waals surface area contributed by atoms with Gasteiger partial charge in [0.05, 0.1) is 9.83 Å². The van der Waals surface area contributed by atoms with Gasteiger partial charge in [-0.1, -0.05) is 30.3 Å². The Balaban J connectivity index is 2.07. The van der Waals surface area contributed by atoms with E-state index >= 15 is 0 Å². The predicted molar refractivity (Wildman–Crippen MR) is 81.8 cm³/mol. The maximum absolute atomic E-state index is 5.87. The molecule has 0 saturated carbocycles. The summed E-state index contributed by atoms with van der Waals surface area (Å²) >= 11 is 5.22. The van der Waals surface area contributed by atoms with Gasteiger partial charge in [-0.05, 0) is 40.5 Å². The minimum Gasteiger partial charge on any atom is -0.329 e. The summed E-state index contributed by atoms with van der Waals surface area (Å²) in [7, 11) is 0. The fourth-order valence-electron chi connectivity index (χ4n) is 1.92. The summed E-state index contributed by atoms with van der Waals surface area (Å²) in [6.07, 6.45) is 0. The Kier molecular flexibility index (Phi) is 4.95. The van der Waals surface area contributed by atoms with E-state index in [1.54, 1.807) is 11.3 Å². The lowest BCUT2D eigenvalue weighted by atomic mass is 10.1. The van der Waals surface area contributed by atoms with E-state index in [1.165, 1.54) is 10.4 Å². The number of hydrogen-bond acceptors (Lipinski definition) is 3. The van der Waals surface area contributed by atoms with E-state index in [4.69, 9.17) is 5.73 Å². The van der Waals surface area contributed by atoms with Crippen LogP contribution in [0.1, 0.15) is 29.4 Å². The summed E-state index contributed by atoms with van der Waals surface area (Å²) in [5.74, 6) is 0. The molecule has 0 amide bonds. The highest BCUT2D eigenvalue weighted by atomic mass is 79.9. The highest BCUT2D eigenvalue weighted by molar-refractivity contribution is 9.11. The molecular formula is C14H17BrN2S. The molecule has 0 fully saturated rings. The predicted octanol–water partition coefficient (Wildman–Crippen LogP) is 3.86. The van der Waals surface area contributed by atoms with Crippen LogP contribution < -0.4 is 11.1 Å². The fourth-order valence-corrected chi connectivity index (χ4v) is 3.42. The SMILES string of the molecule is CC(NC(CN)c1ccc(Br)s1)c1ccccc1.